The van der Waals surface area contributed by atoms with E-state index in [2.05, 4.69) is 45.6 Å². The van der Waals surface area contributed by atoms with Crippen LogP contribution in [0.1, 0.15) is 22.3 Å². The summed E-state index contributed by atoms with van der Waals surface area (Å²) < 4.78 is 7.89. The molecule has 2 aromatic rings. The zero-order valence-corrected chi connectivity index (χ0v) is 13.2. The second-order valence-electron chi connectivity index (χ2n) is 5.33. The zero-order valence-electron chi connectivity index (χ0n) is 12.4. The Kier molecular flexibility index (Phi) is 4.53. The fraction of sp³-hybridized carbons (Fsp3) is 0.438. The van der Waals surface area contributed by atoms with Gasteiger partial charge in [0.2, 0.25) is 0 Å². The van der Waals surface area contributed by atoms with Crippen molar-refractivity contribution in [1.29, 1.82) is 0 Å². The molecule has 0 aromatic carbocycles. The van der Waals surface area contributed by atoms with E-state index in [0.29, 0.717) is 13.2 Å². The van der Waals surface area contributed by atoms with Gasteiger partial charge >= 0.3 is 0 Å². The Balaban J connectivity index is 1.81. The summed E-state index contributed by atoms with van der Waals surface area (Å²) in [6, 6.07) is 4.58. The molecule has 0 spiro atoms. The number of thiophene rings is 1. The molecule has 0 N–H and O–H groups in total. The summed E-state index contributed by atoms with van der Waals surface area (Å²) in [5.41, 5.74) is 2.51. The van der Waals surface area contributed by atoms with Crippen LogP contribution < -0.4 is 0 Å². The van der Waals surface area contributed by atoms with Crippen molar-refractivity contribution in [3.05, 3.63) is 52.8 Å². The molecule has 0 saturated heterocycles. The highest BCUT2D eigenvalue weighted by molar-refractivity contribution is 7.09. The molecule has 1 aliphatic heterocycles. The van der Waals surface area contributed by atoms with Crippen LogP contribution in [0.3, 0.4) is 0 Å². The summed E-state index contributed by atoms with van der Waals surface area (Å²) in [7, 11) is 2.07. The number of aromatic nitrogens is 2. The molecular weight excluding hydrogens is 282 g/mol. The molecule has 0 amide bonds. The van der Waals surface area contributed by atoms with E-state index in [1.807, 2.05) is 17.7 Å². The third-order valence-electron chi connectivity index (χ3n) is 3.91. The van der Waals surface area contributed by atoms with Crippen molar-refractivity contribution in [2.24, 2.45) is 7.05 Å². The highest BCUT2D eigenvalue weighted by atomic mass is 32.1. The van der Waals surface area contributed by atoms with Crippen LogP contribution in [0.4, 0.5) is 0 Å². The van der Waals surface area contributed by atoms with E-state index in [-0.39, 0.29) is 6.04 Å². The van der Waals surface area contributed by atoms with Gasteiger partial charge in [0.15, 0.2) is 0 Å². The normalized spacial score (nSPS) is 18.6. The van der Waals surface area contributed by atoms with E-state index >= 15 is 0 Å². The number of aryl methyl sites for hydroxylation is 1. The molecule has 3 rings (SSSR count). The van der Waals surface area contributed by atoms with Crippen LogP contribution in [0.2, 0.25) is 0 Å². The first-order valence-electron chi connectivity index (χ1n) is 7.24. The molecule has 5 heteroatoms. The Morgan fingerprint density at radius 1 is 1.57 bits per heavy atom. The molecule has 3 heterocycles. The molecule has 4 nitrogen and oxygen atoms in total. The maximum Gasteiger partial charge on any atom is 0.0949 e. The molecule has 0 saturated carbocycles. The van der Waals surface area contributed by atoms with Gasteiger partial charge < -0.3 is 9.30 Å². The molecule has 0 fully saturated rings. The lowest BCUT2D eigenvalue weighted by Crippen LogP contribution is -2.38. The van der Waals surface area contributed by atoms with Gasteiger partial charge in [-0.25, -0.2) is 4.98 Å². The summed E-state index contributed by atoms with van der Waals surface area (Å²) in [4.78, 5) is 8.43. The van der Waals surface area contributed by atoms with Crippen molar-refractivity contribution < 1.29 is 4.74 Å². The van der Waals surface area contributed by atoms with Crippen molar-refractivity contribution in [2.75, 3.05) is 19.8 Å². The molecule has 0 bridgehead atoms. The number of nitrogens with zero attached hydrogens (tertiary/aromatic N) is 3. The third-order valence-corrected chi connectivity index (χ3v) is 4.77. The Bertz CT molecular complexity index is 591. The van der Waals surface area contributed by atoms with E-state index in [4.69, 9.17) is 4.74 Å². The Morgan fingerprint density at radius 3 is 3.24 bits per heavy atom. The Hall–Kier alpha value is -1.43. The first-order valence-corrected chi connectivity index (χ1v) is 8.12. The minimum Gasteiger partial charge on any atom is -0.375 e. The predicted molar refractivity (Wildman–Crippen MR) is 85.4 cm³/mol. The predicted octanol–water partition coefficient (Wildman–Crippen LogP) is 2.78. The number of fused-ring (bicyclic) bond motifs is 1. The maximum atomic E-state index is 5.76. The van der Waals surface area contributed by atoms with Gasteiger partial charge in [-0.1, -0.05) is 12.1 Å². The lowest BCUT2D eigenvalue weighted by molar-refractivity contribution is 0.0592. The van der Waals surface area contributed by atoms with E-state index in [0.717, 1.165) is 19.5 Å². The van der Waals surface area contributed by atoms with E-state index < -0.39 is 0 Å². The van der Waals surface area contributed by atoms with Gasteiger partial charge in [0.1, 0.15) is 0 Å². The van der Waals surface area contributed by atoms with Crippen LogP contribution in [0, 0.1) is 0 Å². The van der Waals surface area contributed by atoms with Gasteiger partial charge in [-0.2, -0.15) is 0 Å². The molecule has 2 aromatic heterocycles. The van der Waals surface area contributed by atoms with E-state index in [1.165, 1.54) is 16.3 Å². The number of hydrogen-bond acceptors (Lipinski definition) is 4. The van der Waals surface area contributed by atoms with Crippen LogP contribution in [-0.4, -0.2) is 34.2 Å². The second kappa shape index (κ2) is 6.56. The van der Waals surface area contributed by atoms with Gasteiger partial charge in [0.25, 0.3) is 0 Å². The summed E-state index contributed by atoms with van der Waals surface area (Å²) in [5.74, 6) is 0. The van der Waals surface area contributed by atoms with Crippen LogP contribution >= 0.6 is 11.3 Å². The highest BCUT2D eigenvalue weighted by Gasteiger charge is 2.30. The van der Waals surface area contributed by atoms with Gasteiger partial charge in [-0.3, -0.25) is 4.90 Å². The first-order chi connectivity index (χ1) is 10.3. The van der Waals surface area contributed by atoms with Gasteiger partial charge in [-0.15, -0.1) is 17.9 Å². The van der Waals surface area contributed by atoms with Crippen molar-refractivity contribution in [1.82, 2.24) is 14.5 Å². The number of ether oxygens (including phenoxy) is 1. The molecule has 0 aliphatic carbocycles. The van der Waals surface area contributed by atoms with Gasteiger partial charge in [-0.05, 0) is 11.4 Å². The van der Waals surface area contributed by atoms with E-state index in [9.17, 15) is 0 Å². The first kappa shape index (κ1) is 14.5. The number of imidazole rings is 1. The fourth-order valence-electron chi connectivity index (χ4n) is 2.93. The molecule has 112 valence electrons. The lowest BCUT2D eigenvalue weighted by atomic mass is 10.0. The molecule has 1 atom stereocenters. The van der Waals surface area contributed by atoms with Crippen LogP contribution in [-0.2, 0) is 24.8 Å². The average Bonchev–Trinajstić information content (AvgIpc) is 3.11. The summed E-state index contributed by atoms with van der Waals surface area (Å²) in [6.45, 7) is 7.01. The summed E-state index contributed by atoms with van der Waals surface area (Å²) in [5, 5.41) is 2.14. The lowest BCUT2D eigenvalue weighted by Gasteiger charge is -2.35. The number of rotatable bonds is 6. The standard InChI is InChI=1S/C16H21N3OS/c1-3-8-20-11-15-16-14(17-12-18(16)2)6-7-19(15)10-13-5-4-9-21-13/h3-5,9,12,15H,1,6-8,10-11H2,2H3/t15-/m0/s1. The van der Waals surface area contributed by atoms with Crippen LogP contribution in [0.5, 0.6) is 0 Å². The van der Waals surface area contributed by atoms with Crippen molar-refractivity contribution in [3.8, 4) is 0 Å². The molecular formula is C16H21N3OS. The zero-order chi connectivity index (χ0) is 14.7. The quantitative estimate of drug-likeness (QED) is 0.607. The largest absolute Gasteiger partial charge is 0.375 e. The van der Waals surface area contributed by atoms with Crippen molar-refractivity contribution in [3.63, 3.8) is 0 Å². The van der Waals surface area contributed by atoms with E-state index in [1.54, 1.807) is 6.08 Å². The third kappa shape index (κ3) is 3.10. The van der Waals surface area contributed by atoms with Gasteiger partial charge in [0.05, 0.1) is 37.0 Å². The second-order valence-corrected chi connectivity index (χ2v) is 6.36. The molecule has 0 unspecified atom stereocenters. The smallest absolute Gasteiger partial charge is 0.0949 e. The van der Waals surface area contributed by atoms with Crippen LogP contribution in [0.25, 0.3) is 0 Å². The van der Waals surface area contributed by atoms with Crippen molar-refractivity contribution in [2.45, 2.75) is 19.0 Å². The molecule has 1 aliphatic rings. The monoisotopic (exact) mass is 303 g/mol. The Morgan fingerprint density at radius 2 is 2.48 bits per heavy atom. The molecule has 21 heavy (non-hydrogen) atoms. The van der Waals surface area contributed by atoms with Crippen molar-refractivity contribution >= 4 is 11.3 Å². The highest BCUT2D eigenvalue weighted by Crippen LogP contribution is 2.31. The topological polar surface area (TPSA) is 30.3 Å². The van der Waals surface area contributed by atoms with Crippen LogP contribution in [0.15, 0.2) is 36.5 Å². The fourth-order valence-corrected chi connectivity index (χ4v) is 3.66. The summed E-state index contributed by atoms with van der Waals surface area (Å²) in [6.07, 6.45) is 4.73. The van der Waals surface area contributed by atoms with Gasteiger partial charge in [0, 0.05) is 31.4 Å². The minimum absolute atomic E-state index is 0.267. The SMILES string of the molecule is C=CCOC[C@H]1c2c(ncn2C)CCN1Cc1cccs1. The summed E-state index contributed by atoms with van der Waals surface area (Å²) >= 11 is 1.81. The minimum atomic E-state index is 0.267. The molecule has 0 radical (unpaired) electrons. The average molecular weight is 303 g/mol. The maximum absolute atomic E-state index is 5.76. The number of hydrogen-bond donors (Lipinski definition) is 0. The Labute approximate surface area is 129 Å².